The van der Waals surface area contributed by atoms with Gasteiger partial charge in [0.1, 0.15) is 23.1 Å². The summed E-state index contributed by atoms with van der Waals surface area (Å²) in [6.07, 6.45) is 2.14. The molecule has 1 fully saturated rings. The SMILES string of the molecule is O=C(CNc1ccccc1CN1CCOCC1)N1N=C(c2cc3ccccc3o2)CC1c1ccco1. The molecule has 0 bridgehead atoms. The van der Waals surface area contributed by atoms with E-state index in [4.69, 9.17) is 18.7 Å². The normalized spacial score (nSPS) is 18.5. The Balaban J connectivity index is 1.20. The van der Waals surface area contributed by atoms with E-state index < -0.39 is 0 Å². The van der Waals surface area contributed by atoms with Gasteiger partial charge in [-0.3, -0.25) is 9.69 Å². The zero-order valence-electron chi connectivity index (χ0n) is 19.9. The monoisotopic (exact) mass is 484 g/mol. The van der Waals surface area contributed by atoms with Crippen LogP contribution < -0.4 is 5.32 Å². The molecular weight excluding hydrogens is 456 g/mol. The smallest absolute Gasteiger partial charge is 0.262 e. The number of carbonyl (C=O) groups is 1. The van der Waals surface area contributed by atoms with Crippen molar-refractivity contribution in [3.8, 4) is 0 Å². The highest BCUT2D eigenvalue weighted by Crippen LogP contribution is 2.34. The van der Waals surface area contributed by atoms with Gasteiger partial charge in [0.05, 0.1) is 26.0 Å². The second-order valence-electron chi connectivity index (χ2n) is 9.07. The lowest BCUT2D eigenvalue weighted by molar-refractivity contribution is -0.131. The molecule has 2 aliphatic rings. The third-order valence-corrected chi connectivity index (χ3v) is 6.69. The number of nitrogens with zero attached hydrogens (tertiary/aromatic N) is 3. The lowest BCUT2D eigenvalue weighted by Crippen LogP contribution is -2.36. The molecule has 1 saturated heterocycles. The van der Waals surface area contributed by atoms with Crippen molar-refractivity contribution in [1.29, 1.82) is 0 Å². The number of fused-ring (bicyclic) bond motifs is 1. The Hall–Kier alpha value is -3.88. The molecule has 2 aromatic heterocycles. The van der Waals surface area contributed by atoms with Gasteiger partial charge in [0.25, 0.3) is 5.91 Å². The third-order valence-electron chi connectivity index (χ3n) is 6.69. The number of para-hydroxylation sites is 2. The maximum Gasteiger partial charge on any atom is 0.262 e. The number of hydrogen-bond donors (Lipinski definition) is 1. The maximum absolute atomic E-state index is 13.4. The minimum absolute atomic E-state index is 0.119. The Morgan fingerprint density at radius 2 is 1.86 bits per heavy atom. The zero-order valence-corrected chi connectivity index (χ0v) is 19.9. The summed E-state index contributed by atoms with van der Waals surface area (Å²) in [6.45, 7) is 4.25. The highest BCUT2D eigenvalue weighted by atomic mass is 16.5. The lowest BCUT2D eigenvalue weighted by atomic mass is 10.1. The number of morpholine rings is 1. The lowest BCUT2D eigenvalue weighted by Gasteiger charge is -2.27. The van der Waals surface area contributed by atoms with E-state index in [2.05, 4.69) is 16.3 Å². The fourth-order valence-corrected chi connectivity index (χ4v) is 4.80. The van der Waals surface area contributed by atoms with Gasteiger partial charge in [0.15, 0.2) is 5.76 Å². The predicted molar refractivity (Wildman–Crippen MR) is 137 cm³/mol. The van der Waals surface area contributed by atoms with Crippen molar-refractivity contribution in [2.24, 2.45) is 5.10 Å². The van der Waals surface area contributed by atoms with Crippen LogP contribution in [-0.4, -0.2) is 54.4 Å². The molecule has 6 rings (SSSR count). The van der Waals surface area contributed by atoms with Crippen molar-refractivity contribution in [3.63, 3.8) is 0 Å². The molecule has 8 heteroatoms. The molecular formula is C28H28N4O4. The summed E-state index contributed by atoms with van der Waals surface area (Å²) < 4.78 is 17.2. The molecule has 2 aromatic carbocycles. The van der Waals surface area contributed by atoms with Crippen LogP contribution in [0, 0.1) is 0 Å². The van der Waals surface area contributed by atoms with Gasteiger partial charge in [-0.05, 0) is 35.9 Å². The van der Waals surface area contributed by atoms with Gasteiger partial charge >= 0.3 is 0 Å². The van der Waals surface area contributed by atoms with E-state index >= 15 is 0 Å². The van der Waals surface area contributed by atoms with Crippen LogP contribution in [0.3, 0.4) is 0 Å². The van der Waals surface area contributed by atoms with E-state index in [1.165, 1.54) is 5.01 Å². The number of anilines is 1. The molecule has 0 aliphatic carbocycles. The van der Waals surface area contributed by atoms with Gasteiger partial charge in [-0.2, -0.15) is 5.10 Å². The van der Waals surface area contributed by atoms with E-state index in [-0.39, 0.29) is 18.5 Å². The summed E-state index contributed by atoms with van der Waals surface area (Å²) >= 11 is 0. The molecule has 8 nitrogen and oxygen atoms in total. The van der Waals surface area contributed by atoms with Gasteiger partial charge in [0.2, 0.25) is 0 Å². The number of carbonyl (C=O) groups excluding carboxylic acids is 1. The Morgan fingerprint density at radius 1 is 1.03 bits per heavy atom. The van der Waals surface area contributed by atoms with Crippen molar-refractivity contribution in [2.45, 2.75) is 19.0 Å². The first-order chi connectivity index (χ1) is 17.7. The number of nitrogens with one attached hydrogen (secondary N) is 1. The van der Waals surface area contributed by atoms with Gasteiger partial charge < -0.3 is 18.9 Å². The standard InChI is InChI=1S/C28H28N4O4/c33-28(18-29-22-8-3-1-7-21(22)19-31-11-14-34-15-12-31)32-24(26-10-5-13-35-26)17-23(30-32)27-16-20-6-2-4-9-25(20)36-27/h1-10,13,16,24,29H,11-12,14-15,17-19H2. The number of furan rings is 2. The summed E-state index contributed by atoms with van der Waals surface area (Å²) in [5, 5.41) is 10.6. The first-order valence-corrected chi connectivity index (χ1v) is 12.3. The largest absolute Gasteiger partial charge is 0.467 e. The second kappa shape index (κ2) is 10.0. The Bertz CT molecular complexity index is 1340. The molecule has 0 radical (unpaired) electrons. The summed E-state index contributed by atoms with van der Waals surface area (Å²) in [6, 6.07) is 21.3. The van der Waals surface area contributed by atoms with Crippen LogP contribution in [-0.2, 0) is 16.1 Å². The second-order valence-corrected chi connectivity index (χ2v) is 9.07. The molecule has 36 heavy (non-hydrogen) atoms. The zero-order chi connectivity index (χ0) is 24.3. The number of rotatable bonds is 7. The minimum Gasteiger partial charge on any atom is -0.467 e. The van der Waals surface area contributed by atoms with Crippen molar-refractivity contribution in [2.75, 3.05) is 38.2 Å². The first kappa shape index (κ1) is 22.6. The average molecular weight is 485 g/mol. The van der Waals surface area contributed by atoms with Crippen LogP contribution in [0.5, 0.6) is 0 Å². The molecule has 2 aliphatic heterocycles. The van der Waals surface area contributed by atoms with Gasteiger partial charge in [-0.25, -0.2) is 5.01 Å². The Labute approximate surface area is 209 Å². The molecule has 184 valence electrons. The van der Waals surface area contributed by atoms with Crippen LogP contribution in [0.4, 0.5) is 5.69 Å². The fraction of sp³-hybridized carbons (Fsp3) is 0.286. The third kappa shape index (κ3) is 4.65. The highest BCUT2D eigenvalue weighted by molar-refractivity contribution is 6.03. The van der Waals surface area contributed by atoms with Crippen LogP contribution in [0.15, 0.2) is 86.9 Å². The van der Waals surface area contributed by atoms with Crippen molar-refractivity contribution in [3.05, 3.63) is 90.1 Å². The van der Waals surface area contributed by atoms with E-state index in [1.54, 1.807) is 6.26 Å². The van der Waals surface area contributed by atoms with Crippen LogP contribution >= 0.6 is 0 Å². The molecule has 0 saturated carbocycles. The van der Waals surface area contributed by atoms with Crippen LogP contribution in [0.25, 0.3) is 11.0 Å². The first-order valence-electron chi connectivity index (χ1n) is 12.3. The van der Waals surface area contributed by atoms with E-state index in [0.29, 0.717) is 17.9 Å². The molecule has 1 amide bonds. The van der Waals surface area contributed by atoms with Crippen molar-refractivity contribution in [1.82, 2.24) is 9.91 Å². The highest BCUT2D eigenvalue weighted by Gasteiger charge is 2.36. The number of hydrazone groups is 1. The number of ether oxygens (including phenoxy) is 1. The number of amides is 1. The molecule has 1 N–H and O–H groups in total. The fourth-order valence-electron chi connectivity index (χ4n) is 4.80. The van der Waals surface area contributed by atoms with Gasteiger partial charge in [-0.15, -0.1) is 0 Å². The summed E-state index contributed by atoms with van der Waals surface area (Å²) in [4.78, 5) is 15.8. The molecule has 4 aromatic rings. The average Bonchev–Trinajstić information content (AvgIpc) is 3.67. The summed E-state index contributed by atoms with van der Waals surface area (Å²) in [7, 11) is 0. The van der Waals surface area contributed by atoms with E-state index in [1.807, 2.05) is 60.7 Å². The van der Waals surface area contributed by atoms with Crippen LogP contribution in [0.1, 0.15) is 29.5 Å². The summed E-state index contributed by atoms with van der Waals surface area (Å²) in [5.74, 6) is 1.24. The number of hydrogen-bond acceptors (Lipinski definition) is 7. The number of benzene rings is 2. The maximum atomic E-state index is 13.4. The Morgan fingerprint density at radius 3 is 2.69 bits per heavy atom. The topological polar surface area (TPSA) is 83.5 Å². The van der Waals surface area contributed by atoms with Gasteiger partial charge in [-0.1, -0.05) is 36.4 Å². The van der Waals surface area contributed by atoms with Crippen molar-refractivity contribution >= 4 is 28.3 Å². The minimum atomic E-state index is -0.318. The van der Waals surface area contributed by atoms with Gasteiger partial charge in [0, 0.05) is 37.1 Å². The summed E-state index contributed by atoms with van der Waals surface area (Å²) in [5.41, 5.74) is 3.64. The quantitative estimate of drug-likeness (QED) is 0.411. The molecule has 4 heterocycles. The molecule has 1 atom stereocenters. The Kier molecular flexibility index (Phi) is 6.27. The van der Waals surface area contributed by atoms with E-state index in [9.17, 15) is 4.79 Å². The van der Waals surface area contributed by atoms with Crippen molar-refractivity contribution < 1.29 is 18.4 Å². The molecule has 0 spiro atoms. The van der Waals surface area contributed by atoms with Crippen LogP contribution in [0.2, 0.25) is 0 Å². The molecule has 1 unspecified atom stereocenters. The van der Waals surface area contributed by atoms with E-state index in [0.717, 1.165) is 60.8 Å². The predicted octanol–water partition coefficient (Wildman–Crippen LogP) is 4.65.